The maximum Gasteiger partial charge on any atom is 0.337 e. The molecule has 25 heavy (non-hydrogen) atoms. The molecular formula is C20H16N2O3. The van der Waals surface area contributed by atoms with Gasteiger partial charge in [0.25, 0.3) is 0 Å². The van der Waals surface area contributed by atoms with E-state index in [-0.39, 0.29) is 5.97 Å². The number of nitrogens with zero attached hydrogens (tertiary/aromatic N) is 1. The fraction of sp³-hybridized carbons (Fsp3) is 0.100. The van der Waals surface area contributed by atoms with Crippen LogP contribution in [0.2, 0.25) is 0 Å². The van der Waals surface area contributed by atoms with Crippen molar-refractivity contribution in [2.45, 2.75) is 6.92 Å². The van der Waals surface area contributed by atoms with Crippen LogP contribution in [0.5, 0.6) is 0 Å². The number of carbonyl (C=O) groups is 1. The predicted molar refractivity (Wildman–Crippen MR) is 95.3 cm³/mol. The van der Waals surface area contributed by atoms with Crippen molar-refractivity contribution >= 4 is 17.0 Å². The molecule has 0 radical (unpaired) electrons. The second-order valence-electron chi connectivity index (χ2n) is 5.80. The van der Waals surface area contributed by atoms with Crippen LogP contribution in [0, 0.1) is 6.92 Å². The van der Waals surface area contributed by atoms with Gasteiger partial charge in [0.15, 0.2) is 0 Å². The minimum Gasteiger partial charge on any atom is -0.465 e. The summed E-state index contributed by atoms with van der Waals surface area (Å²) >= 11 is 0. The Balaban J connectivity index is 1.75. The van der Waals surface area contributed by atoms with Crippen molar-refractivity contribution in [2.75, 3.05) is 7.11 Å². The van der Waals surface area contributed by atoms with E-state index in [9.17, 15) is 4.79 Å². The van der Waals surface area contributed by atoms with Crippen LogP contribution >= 0.6 is 0 Å². The van der Waals surface area contributed by atoms with Crippen LogP contribution in [0.15, 0.2) is 59.0 Å². The molecule has 0 aliphatic carbocycles. The van der Waals surface area contributed by atoms with E-state index in [0.717, 1.165) is 39.5 Å². The Hall–Kier alpha value is -3.34. The lowest BCUT2D eigenvalue weighted by Gasteiger charge is -2.01. The van der Waals surface area contributed by atoms with Gasteiger partial charge in [-0.05, 0) is 43.3 Å². The third kappa shape index (κ3) is 2.80. The molecule has 0 aliphatic heterocycles. The van der Waals surface area contributed by atoms with E-state index in [1.807, 2.05) is 43.3 Å². The zero-order chi connectivity index (χ0) is 17.4. The van der Waals surface area contributed by atoms with E-state index in [1.54, 1.807) is 18.2 Å². The number of imidazole rings is 1. The topological polar surface area (TPSA) is 68.1 Å². The van der Waals surface area contributed by atoms with Crippen molar-refractivity contribution in [3.8, 4) is 22.7 Å². The normalized spacial score (nSPS) is 11.0. The summed E-state index contributed by atoms with van der Waals surface area (Å²) in [7, 11) is 1.37. The quantitative estimate of drug-likeness (QED) is 0.557. The summed E-state index contributed by atoms with van der Waals surface area (Å²) in [5.74, 6) is 2.07. The lowest BCUT2D eigenvalue weighted by Crippen LogP contribution is -2.00. The van der Waals surface area contributed by atoms with E-state index in [0.29, 0.717) is 5.56 Å². The van der Waals surface area contributed by atoms with Gasteiger partial charge in [0, 0.05) is 11.1 Å². The molecular weight excluding hydrogens is 316 g/mol. The molecule has 5 heteroatoms. The van der Waals surface area contributed by atoms with Gasteiger partial charge in [0.1, 0.15) is 17.3 Å². The summed E-state index contributed by atoms with van der Waals surface area (Å²) in [6, 6.07) is 17.1. The van der Waals surface area contributed by atoms with E-state index < -0.39 is 0 Å². The summed E-state index contributed by atoms with van der Waals surface area (Å²) < 4.78 is 10.5. The SMILES string of the molecule is COC(=O)c1ccc2nc(-c3cccc(-c4ccc(C)o4)c3)[nH]c2c1. The molecule has 2 aromatic carbocycles. The first-order valence-electron chi connectivity index (χ1n) is 7.89. The zero-order valence-corrected chi connectivity index (χ0v) is 13.9. The van der Waals surface area contributed by atoms with Crippen molar-refractivity contribution in [2.24, 2.45) is 0 Å². The Bertz CT molecular complexity index is 1080. The first-order valence-corrected chi connectivity index (χ1v) is 7.89. The first-order chi connectivity index (χ1) is 12.1. The first kappa shape index (κ1) is 15.2. The van der Waals surface area contributed by atoms with Crippen molar-refractivity contribution in [1.29, 1.82) is 0 Å². The number of aromatic nitrogens is 2. The molecule has 0 fully saturated rings. The van der Waals surface area contributed by atoms with Gasteiger partial charge in [0.05, 0.1) is 23.7 Å². The molecule has 0 saturated carbocycles. The maximum atomic E-state index is 11.7. The van der Waals surface area contributed by atoms with E-state index in [4.69, 9.17) is 9.15 Å². The van der Waals surface area contributed by atoms with Crippen molar-refractivity contribution < 1.29 is 13.9 Å². The van der Waals surface area contributed by atoms with Crippen LogP contribution in [0.25, 0.3) is 33.7 Å². The number of carbonyl (C=O) groups excluding carboxylic acids is 1. The number of hydrogen-bond donors (Lipinski definition) is 1. The van der Waals surface area contributed by atoms with Gasteiger partial charge in [-0.15, -0.1) is 0 Å². The number of rotatable bonds is 3. The van der Waals surface area contributed by atoms with Crippen LogP contribution in [-0.2, 0) is 4.74 Å². The minimum atomic E-state index is -0.367. The average molecular weight is 332 g/mol. The number of nitrogens with one attached hydrogen (secondary N) is 1. The number of ether oxygens (including phenoxy) is 1. The Morgan fingerprint density at radius 2 is 1.92 bits per heavy atom. The fourth-order valence-corrected chi connectivity index (χ4v) is 2.80. The summed E-state index contributed by atoms with van der Waals surface area (Å²) in [5, 5.41) is 0. The number of methoxy groups -OCH3 is 1. The highest BCUT2D eigenvalue weighted by Crippen LogP contribution is 2.27. The Labute approximate surface area is 144 Å². The van der Waals surface area contributed by atoms with E-state index >= 15 is 0 Å². The number of fused-ring (bicyclic) bond motifs is 1. The van der Waals surface area contributed by atoms with Crippen LogP contribution in [0.1, 0.15) is 16.1 Å². The summed E-state index contributed by atoms with van der Waals surface area (Å²) in [4.78, 5) is 19.5. The van der Waals surface area contributed by atoms with Gasteiger partial charge in [-0.2, -0.15) is 0 Å². The molecule has 0 unspecified atom stereocenters. The third-order valence-corrected chi connectivity index (χ3v) is 4.06. The summed E-state index contributed by atoms with van der Waals surface area (Å²) in [6.45, 7) is 1.92. The number of esters is 1. The maximum absolute atomic E-state index is 11.7. The van der Waals surface area contributed by atoms with Crippen LogP contribution in [0.3, 0.4) is 0 Å². The number of aromatic amines is 1. The fourth-order valence-electron chi connectivity index (χ4n) is 2.80. The Kier molecular flexibility index (Phi) is 3.61. The number of hydrogen-bond acceptors (Lipinski definition) is 4. The van der Waals surface area contributed by atoms with Gasteiger partial charge in [-0.1, -0.05) is 18.2 Å². The molecule has 2 heterocycles. The molecule has 0 aliphatic rings. The predicted octanol–water partition coefficient (Wildman–Crippen LogP) is 4.58. The summed E-state index contributed by atoms with van der Waals surface area (Å²) in [5.41, 5.74) is 4.01. The van der Waals surface area contributed by atoms with E-state index in [2.05, 4.69) is 9.97 Å². The molecule has 124 valence electrons. The molecule has 4 aromatic rings. The van der Waals surface area contributed by atoms with Crippen molar-refractivity contribution in [1.82, 2.24) is 9.97 Å². The number of H-pyrrole nitrogens is 1. The number of furan rings is 1. The Morgan fingerprint density at radius 3 is 2.68 bits per heavy atom. The third-order valence-electron chi connectivity index (χ3n) is 4.06. The smallest absolute Gasteiger partial charge is 0.337 e. The number of benzene rings is 2. The highest BCUT2D eigenvalue weighted by atomic mass is 16.5. The molecule has 0 atom stereocenters. The molecule has 4 rings (SSSR count). The molecule has 2 aromatic heterocycles. The van der Waals surface area contributed by atoms with Gasteiger partial charge in [-0.3, -0.25) is 0 Å². The second-order valence-corrected chi connectivity index (χ2v) is 5.80. The van der Waals surface area contributed by atoms with Crippen LogP contribution in [0.4, 0.5) is 0 Å². The average Bonchev–Trinajstić information content (AvgIpc) is 3.26. The molecule has 5 nitrogen and oxygen atoms in total. The molecule has 0 bridgehead atoms. The van der Waals surface area contributed by atoms with Gasteiger partial charge < -0.3 is 14.1 Å². The van der Waals surface area contributed by atoms with Gasteiger partial charge in [0.2, 0.25) is 0 Å². The minimum absolute atomic E-state index is 0.367. The molecule has 0 amide bonds. The summed E-state index contributed by atoms with van der Waals surface area (Å²) in [6.07, 6.45) is 0. The largest absolute Gasteiger partial charge is 0.465 e. The van der Waals surface area contributed by atoms with Gasteiger partial charge >= 0.3 is 5.97 Å². The number of aryl methyl sites for hydroxylation is 1. The molecule has 1 N–H and O–H groups in total. The van der Waals surface area contributed by atoms with E-state index in [1.165, 1.54) is 7.11 Å². The highest BCUT2D eigenvalue weighted by Gasteiger charge is 2.11. The van der Waals surface area contributed by atoms with Crippen LogP contribution < -0.4 is 0 Å². The lowest BCUT2D eigenvalue weighted by molar-refractivity contribution is 0.0601. The van der Waals surface area contributed by atoms with Crippen molar-refractivity contribution in [3.05, 3.63) is 65.9 Å². The van der Waals surface area contributed by atoms with Crippen LogP contribution in [-0.4, -0.2) is 23.0 Å². The highest BCUT2D eigenvalue weighted by molar-refractivity contribution is 5.94. The standard InChI is InChI=1S/C20H16N2O3/c1-12-6-9-18(25-12)13-4-3-5-14(10-13)19-21-16-8-7-15(20(23)24-2)11-17(16)22-19/h3-11H,1-2H3,(H,21,22). The Morgan fingerprint density at radius 1 is 1.08 bits per heavy atom. The lowest BCUT2D eigenvalue weighted by atomic mass is 10.1. The zero-order valence-electron chi connectivity index (χ0n) is 13.9. The second kappa shape index (κ2) is 5.94. The molecule has 0 saturated heterocycles. The monoisotopic (exact) mass is 332 g/mol. The molecule has 0 spiro atoms. The van der Waals surface area contributed by atoms with Crippen molar-refractivity contribution in [3.63, 3.8) is 0 Å². The van der Waals surface area contributed by atoms with Gasteiger partial charge in [-0.25, -0.2) is 9.78 Å².